The molecule has 1 fully saturated rings. The Morgan fingerprint density at radius 2 is 2.24 bits per heavy atom. The SMILES string of the molecule is CC1CCN(C(C)CNC2=NCCCN2)CC1. The van der Waals surface area contributed by atoms with E-state index in [0.717, 1.165) is 37.9 Å². The summed E-state index contributed by atoms with van der Waals surface area (Å²) in [5, 5.41) is 6.73. The van der Waals surface area contributed by atoms with Crippen molar-refractivity contribution in [2.24, 2.45) is 10.9 Å². The van der Waals surface area contributed by atoms with E-state index in [1.165, 1.54) is 25.9 Å². The van der Waals surface area contributed by atoms with Crippen molar-refractivity contribution in [1.29, 1.82) is 0 Å². The van der Waals surface area contributed by atoms with Crippen molar-refractivity contribution in [2.45, 2.75) is 39.2 Å². The zero-order valence-corrected chi connectivity index (χ0v) is 11.2. The lowest BCUT2D eigenvalue weighted by Crippen LogP contribution is -2.49. The van der Waals surface area contributed by atoms with Gasteiger partial charge in [-0.25, -0.2) is 0 Å². The Bertz CT molecular complexity index is 256. The number of rotatable bonds is 3. The molecule has 4 heteroatoms. The Kier molecular flexibility index (Phi) is 4.66. The van der Waals surface area contributed by atoms with Gasteiger partial charge in [0, 0.05) is 25.7 Å². The summed E-state index contributed by atoms with van der Waals surface area (Å²) in [7, 11) is 0. The van der Waals surface area contributed by atoms with Crippen molar-refractivity contribution >= 4 is 5.96 Å². The zero-order chi connectivity index (χ0) is 12.1. The fourth-order valence-corrected chi connectivity index (χ4v) is 2.49. The lowest BCUT2D eigenvalue weighted by molar-refractivity contribution is 0.147. The highest BCUT2D eigenvalue weighted by Crippen LogP contribution is 2.17. The smallest absolute Gasteiger partial charge is 0.191 e. The van der Waals surface area contributed by atoms with Crippen LogP contribution in [0.1, 0.15) is 33.1 Å². The lowest BCUT2D eigenvalue weighted by atomic mass is 9.98. The highest BCUT2D eigenvalue weighted by molar-refractivity contribution is 5.80. The molecule has 0 radical (unpaired) electrons. The second kappa shape index (κ2) is 6.24. The summed E-state index contributed by atoms with van der Waals surface area (Å²) in [6, 6.07) is 0.605. The molecular formula is C13H26N4. The molecule has 0 aliphatic carbocycles. The third-order valence-corrected chi connectivity index (χ3v) is 3.90. The number of nitrogens with one attached hydrogen (secondary N) is 2. The van der Waals surface area contributed by atoms with Gasteiger partial charge in [0.1, 0.15) is 0 Å². The molecule has 0 bridgehead atoms. The van der Waals surface area contributed by atoms with Gasteiger partial charge in [-0.2, -0.15) is 0 Å². The first kappa shape index (κ1) is 12.7. The molecule has 0 aromatic heterocycles. The number of aliphatic imine (C=N–C) groups is 1. The van der Waals surface area contributed by atoms with Gasteiger partial charge in [0.25, 0.3) is 0 Å². The van der Waals surface area contributed by atoms with Crippen LogP contribution in [0.2, 0.25) is 0 Å². The highest BCUT2D eigenvalue weighted by atomic mass is 15.2. The van der Waals surface area contributed by atoms with E-state index in [9.17, 15) is 0 Å². The molecule has 1 atom stereocenters. The maximum atomic E-state index is 4.43. The number of guanidine groups is 1. The summed E-state index contributed by atoms with van der Waals surface area (Å²) in [5.74, 6) is 1.91. The van der Waals surface area contributed by atoms with Crippen LogP contribution in [0, 0.1) is 5.92 Å². The van der Waals surface area contributed by atoms with Gasteiger partial charge in [0.15, 0.2) is 5.96 Å². The molecule has 2 N–H and O–H groups in total. The Labute approximate surface area is 105 Å². The molecule has 2 heterocycles. The van der Waals surface area contributed by atoms with Crippen LogP contribution in [-0.4, -0.2) is 49.6 Å². The van der Waals surface area contributed by atoms with E-state index in [1.54, 1.807) is 0 Å². The Morgan fingerprint density at radius 1 is 1.47 bits per heavy atom. The fourth-order valence-electron chi connectivity index (χ4n) is 2.49. The largest absolute Gasteiger partial charge is 0.356 e. The number of piperidine rings is 1. The molecule has 2 aliphatic rings. The number of hydrogen-bond acceptors (Lipinski definition) is 4. The van der Waals surface area contributed by atoms with Crippen LogP contribution in [0.4, 0.5) is 0 Å². The minimum Gasteiger partial charge on any atom is -0.356 e. The van der Waals surface area contributed by atoms with Gasteiger partial charge in [0.05, 0.1) is 0 Å². The van der Waals surface area contributed by atoms with Gasteiger partial charge in [-0.1, -0.05) is 6.92 Å². The molecule has 0 aromatic rings. The predicted octanol–water partition coefficient (Wildman–Crippen LogP) is 1.05. The number of nitrogens with zero attached hydrogens (tertiary/aromatic N) is 2. The highest BCUT2D eigenvalue weighted by Gasteiger charge is 2.20. The van der Waals surface area contributed by atoms with E-state index in [4.69, 9.17) is 0 Å². The Balaban J connectivity index is 1.69. The van der Waals surface area contributed by atoms with Crippen LogP contribution in [0.15, 0.2) is 4.99 Å². The van der Waals surface area contributed by atoms with Gasteiger partial charge in [-0.3, -0.25) is 9.89 Å². The monoisotopic (exact) mass is 238 g/mol. The van der Waals surface area contributed by atoms with Gasteiger partial charge in [0.2, 0.25) is 0 Å². The van der Waals surface area contributed by atoms with Crippen molar-refractivity contribution in [2.75, 3.05) is 32.7 Å². The summed E-state index contributed by atoms with van der Waals surface area (Å²) in [6.07, 6.45) is 3.86. The van der Waals surface area contributed by atoms with Crippen molar-refractivity contribution in [3.8, 4) is 0 Å². The molecule has 0 amide bonds. The topological polar surface area (TPSA) is 39.7 Å². The van der Waals surface area contributed by atoms with Gasteiger partial charge in [-0.05, 0) is 45.2 Å². The van der Waals surface area contributed by atoms with Gasteiger partial charge in [-0.15, -0.1) is 0 Å². The van der Waals surface area contributed by atoms with Crippen LogP contribution in [0.25, 0.3) is 0 Å². The number of hydrogen-bond donors (Lipinski definition) is 2. The molecule has 98 valence electrons. The normalized spacial score (nSPS) is 24.9. The molecular weight excluding hydrogens is 212 g/mol. The molecule has 17 heavy (non-hydrogen) atoms. The first-order valence-electron chi connectivity index (χ1n) is 7.02. The van der Waals surface area contributed by atoms with Crippen LogP contribution in [0.3, 0.4) is 0 Å². The van der Waals surface area contributed by atoms with E-state index in [2.05, 4.69) is 34.4 Å². The first-order valence-corrected chi connectivity index (χ1v) is 7.02. The van der Waals surface area contributed by atoms with E-state index in [-0.39, 0.29) is 0 Å². The van der Waals surface area contributed by atoms with Gasteiger partial charge >= 0.3 is 0 Å². The fraction of sp³-hybridized carbons (Fsp3) is 0.923. The van der Waals surface area contributed by atoms with E-state index in [0.29, 0.717) is 6.04 Å². The molecule has 1 unspecified atom stereocenters. The zero-order valence-electron chi connectivity index (χ0n) is 11.2. The second-order valence-corrected chi connectivity index (χ2v) is 5.46. The second-order valence-electron chi connectivity index (χ2n) is 5.46. The molecule has 4 nitrogen and oxygen atoms in total. The molecule has 0 aromatic carbocycles. The van der Waals surface area contributed by atoms with Crippen LogP contribution in [0.5, 0.6) is 0 Å². The van der Waals surface area contributed by atoms with Gasteiger partial charge < -0.3 is 10.6 Å². The minimum absolute atomic E-state index is 0.605. The summed E-state index contributed by atoms with van der Waals surface area (Å²) in [6.45, 7) is 10.2. The van der Waals surface area contributed by atoms with Crippen LogP contribution in [-0.2, 0) is 0 Å². The van der Waals surface area contributed by atoms with Crippen LogP contribution < -0.4 is 10.6 Å². The molecule has 2 rings (SSSR count). The maximum absolute atomic E-state index is 4.43. The quantitative estimate of drug-likeness (QED) is 0.772. The van der Waals surface area contributed by atoms with Crippen molar-refractivity contribution in [3.63, 3.8) is 0 Å². The Morgan fingerprint density at radius 3 is 2.88 bits per heavy atom. The third-order valence-electron chi connectivity index (χ3n) is 3.90. The average Bonchev–Trinajstić information content (AvgIpc) is 2.38. The summed E-state index contributed by atoms with van der Waals surface area (Å²) in [4.78, 5) is 7.03. The molecule has 0 saturated carbocycles. The summed E-state index contributed by atoms with van der Waals surface area (Å²) in [5.41, 5.74) is 0. The summed E-state index contributed by atoms with van der Waals surface area (Å²) < 4.78 is 0. The van der Waals surface area contributed by atoms with Crippen molar-refractivity contribution < 1.29 is 0 Å². The Hall–Kier alpha value is -0.770. The molecule has 1 saturated heterocycles. The average molecular weight is 238 g/mol. The molecule has 0 spiro atoms. The first-order chi connectivity index (χ1) is 8.25. The predicted molar refractivity (Wildman–Crippen MR) is 72.4 cm³/mol. The van der Waals surface area contributed by atoms with Crippen molar-refractivity contribution in [3.05, 3.63) is 0 Å². The van der Waals surface area contributed by atoms with Crippen LogP contribution >= 0.6 is 0 Å². The third kappa shape index (κ3) is 3.87. The van der Waals surface area contributed by atoms with E-state index in [1.807, 2.05) is 0 Å². The van der Waals surface area contributed by atoms with Crippen molar-refractivity contribution in [1.82, 2.24) is 15.5 Å². The van der Waals surface area contributed by atoms with E-state index < -0.39 is 0 Å². The molecule has 2 aliphatic heterocycles. The lowest BCUT2D eigenvalue weighted by Gasteiger charge is -2.35. The standard InChI is InChI=1S/C13H26N4/c1-11-4-8-17(9-5-11)12(2)10-16-13-14-6-3-7-15-13/h11-12H,3-10H2,1-2H3,(H2,14,15,16). The maximum Gasteiger partial charge on any atom is 0.191 e. The summed E-state index contributed by atoms with van der Waals surface area (Å²) >= 11 is 0. The minimum atomic E-state index is 0.605. The van der Waals surface area contributed by atoms with E-state index >= 15 is 0 Å². The number of likely N-dealkylation sites (tertiary alicyclic amines) is 1.